The van der Waals surface area contributed by atoms with Gasteiger partial charge in [0.15, 0.2) is 11.5 Å². The van der Waals surface area contributed by atoms with Gasteiger partial charge in [-0.3, -0.25) is 9.59 Å². The van der Waals surface area contributed by atoms with Gasteiger partial charge in [0, 0.05) is 5.69 Å². The number of para-hydroxylation sites is 1. The topological polar surface area (TPSA) is 85.9 Å². The molecule has 166 valence electrons. The van der Waals surface area contributed by atoms with Crippen LogP contribution in [0.3, 0.4) is 0 Å². The highest BCUT2D eigenvalue weighted by atomic mass is 16.5. The molecule has 0 unspecified atom stereocenters. The van der Waals surface area contributed by atoms with E-state index < -0.39 is 5.91 Å². The molecule has 0 aliphatic heterocycles. The molecule has 0 heterocycles. The van der Waals surface area contributed by atoms with Crippen molar-refractivity contribution < 1.29 is 23.8 Å². The lowest BCUT2D eigenvalue weighted by Gasteiger charge is -2.16. The highest BCUT2D eigenvalue weighted by Gasteiger charge is 2.22. The van der Waals surface area contributed by atoms with Crippen LogP contribution in [0.25, 0.3) is 0 Å². The maximum atomic E-state index is 13.1. The second-order valence-electron chi connectivity index (χ2n) is 7.15. The lowest BCUT2D eigenvalue weighted by molar-refractivity contribution is 0.102. The van der Waals surface area contributed by atoms with E-state index in [-0.39, 0.29) is 17.2 Å². The number of hydrogen-bond acceptors (Lipinski definition) is 5. The fourth-order valence-corrected chi connectivity index (χ4v) is 3.32. The van der Waals surface area contributed by atoms with Crippen LogP contribution in [0.4, 0.5) is 11.4 Å². The van der Waals surface area contributed by atoms with Gasteiger partial charge in [-0.05, 0) is 55.3 Å². The molecule has 0 fully saturated rings. The van der Waals surface area contributed by atoms with Crippen molar-refractivity contribution in [2.45, 2.75) is 13.8 Å². The Kier molecular flexibility index (Phi) is 7.00. The minimum absolute atomic E-state index is 0.238. The summed E-state index contributed by atoms with van der Waals surface area (Å²) in [7, 11) is 4.41. The monoisotopic (exact) mass is 434 g/mol. The van der Waals surface area contributed by atoms with Crippen molar-refractivity contribution in [1.82, 2.24) is 0 Å². The van der Waals surface area contributed by atoms with Gasteiger partial charge < -0.3 is 24.8 Å². The van der Waals surface area contributed by atoms with Gasteiger partial charge in [-0.25, -0.2) is 0 Å². The molecule has 0 saturated heterocycles. The Morgan fingerprint density at radius 2 is 1.34 bits per heavy atom. The van der Waals surface area contributed by atoms with Crippen LogP contribution in [0.15, 0.2) is 54.6 Å². The SMILES string of the molecule is COc1ccc(C(=O)Nc2ccccc2C(=O)Nc2cc(C)ccc2C)c(OC)c1OC. The van der Waals surface area contributed by atoms with Crippen LogP contribution in [0.2, 0.25) is 0 Å². The van der Waals surface area contributed by atoms with Gasteiger partial charge >= 0.3 is 0 Å². The number of benzene rings is 3. The van der Waals surface area contributed by atoms with E-state index in [9.17, 15) is 9.59 Å². The van der Waals surface area contributed by atoms with E-state index in [1.165, 1.54) is 21.3 Å². The van der Waals surface area contributed by atoms with Gasteiger partial charge in [-0.15, -0.1) is 0 Å². The standard InChI is InChI=1S/C25H26N2O5/c1-15-10-11-16(2)20(14-15)27-24(28)17-8-6-7-9-19(17)26-25(29)18-12-13-21(30-3)23(32-5)22(18)31-4/h6-14H,1-5H3,(H,26,29)(H,27,28). The summed E-state index contributed by atoms with van der Waals surface area (Å²) < 4.78 is 16.0. The highest BCUT2D eigenvalue weighted by Crippen LogP contribution is 2.40. The molecule has 0 bridgehead atoms. The summed E-state index contributed by atoms with van der Waals surface area (Å²) in [5.74, 6) is 0.211. The molecule has 0 radical (unpaired) electrons. The van der Waals surface area contributed by atoms with Gasteiger partial charge in [0.2, 0.25) is 5.75 Å². The molecule has 2 N–H and O–H groups in total. The van der Waals surface area contributed by atoms with E-state index in [1.54, 1.807) is 36.4 Å². The van der Waals surface area contributed by atoms with Crippen molar-refractivity contribution in [3.05, 3.63) is 76.9 Å². The van der Waals surface area contributed by atoms with Crippen LogP contribution in [-0.2, 0) is 0 Å². The fraction of sp³-hybridized carbons (Fsp3) is 0.200. The van der Waals surface area contributed by atoms with Crippen molar-refractivity contribution in [3.8, 4) is 17.2 Å². The minimum atomic E-state index is -0.449. The number of nitrogens with one attached hydrogen (secondary N) is 2. The number of anilines is 2. The van der Waals surface area contributed by atoms with E-state index >= 15 is 0 Å². The first-order valence-corrected chi connectivity index (χ1v) is 9.97. The van der Waals surface area contributed by atoms with Gasteiger partial charge in [0.25, 0.3) is 11.8 Å². The van der Waals surface area contributed by atoms with E-state index in [1.807, 2.05) is 32.0 Å². The predicted octanol–water partition coefficient (Wildman–Crippen LogP) is 4.83. The van der Waals surface area contributed by atoms with Crippen LogP contribution in [0, 0.1) is 13.8 Å². The van der Waals surface area contributed by atoms with Gasteiger partial charge in [-0.2, -0.15) is 0 Å². The lowest BCUT2D eigenvalue weighted by Crippen LogP contribution is -2.19. The number of carbonyl (C=O) groups is 2. The Labute approximate surface area is 187 Å². The summed E-state index contributed by atoms with van der Waals surface area (Å²) in [5.41, 5.74) is 3.65. The number of amides is 2. The van der Waals surface area contributed by atoms with Crippen molar-refractivity contribution >= 4 is 23.2 Å². The first kappa shape index (κ1) is 22.7. The predicted molar refractivity (Wildman–Crippen MR) is 124 cm³/mol. The molecule has 7 heteroatoms. The molecule has 32 heavy (non-hydrogen) atoms. The molecule has 0 aromatic heterocycles. The number of aryl methyl sites for hydroxylation is 2. The quantitative estimate of drug-likeness (QED) is 0.556. The molecular weight excluding hydrogens is 408 g/mol. The summed E-state index contributed by atoms with van der Waals surface area (Å²) in [6.45, 7) is 3.88. The molecule has 2 amide bonds. The molecule has 0 atom stereocenters. The molecule has 0 aliphatic rings. The largest absolute Gasteiger partial charge is 0.493 e. The van der Waals surface area contributed by atoms with E-state index in [2.05, 4.69) is 10.6 Å². The average molecular weight is 434 g/mol. The zero-order valence-electron chi connectivity index (χ0n) is 18.7. The minimum Gasteiger partial charge on any atom is -0.493 e. The Balaban J connectivity index is 1.91. The molecular formula is C25H26N2O5. The second kappa shape index (κ2) is 9.87. The third kappa shape index (κ3) is 4.67. The Hall–Kier alpha value is -4.00. The van der Waals surface area contributed by atoms with Gasteiger partial charge in [0.05, 0.1) is 38.1 Å². The second-order valence-corrected chi connectivity index (χ2v) is 7.15. The number of ether oxygens (including phenoxy) is 3. The molecule has 7 nitrogen and oxygen atoms in total. The summed E-state index contributed by atoms with van der Waals surface area (Å²) >= 11 is 0. The fourth-order valence-electron chi connectivity index (χ4n) is 3.32. The van der Waals surface area contributed by atoms with E-state index in [4.69, 9.17) is 14.2 Å². The smallest absolute Gasteiger partial charge is 0.259 e. The number of carbonyl (C=O) groups excluding carboxylic acids is 2. The number of hydrogen-bond donors (Lipinski definition) is 2. The zero-order valence-corrected chi connectivity index (χ0v) is 18.7. The summed E-state index contributed by atoms with van der Waals surface area (Å²) in [4.78, 5) is 26.1. The molecule has 3 aromatic carbocycles. The summed E-state index contributed by atoms with van der Waals surface area (Å²) in [5, 5.41) is 5.73. The third-order valence-electron chi connectivity index (χ3n) is 5.01. The van der Waals surface area contributed by atoms with Crippen LogP contribution in [0.1, 0.15) is 31.8 Å². The van der Waals surface area contributed by atoms with Crippen molar-refractivity contribution in [3.63, 3.8) is 0 Å². The first-order chi connectivity index (χ1) is 15.4. The van der Waals surface area contributed by atoms with Crippen LogP contribution >= 0.6 is 0 Å². The zero-order chi connectivity index (χ0) is 23.3. The average Bonchev–Trinajstić information content (AvgIpc) is 2.80. The molecule has 0 saturated carbocycles. The van der Waals surface area contributed by atoms with Crippen molar-refractivity contribution in [2.75, 3.05) is 32.0 Å². The van der Waals surface area contributed by atoms with Crippen LogP contribution < -0.4 is 24.8 Å². The molecule has 3 rings (SSSR count). The Bertz CT molecular complexity index is 1160. The van der Waals surface area contributed by atoms with Crippen LogP contribution in [0.5, 0.6) is 17.2 Å². The maximum absolute atomic E-state index is 13.1. The molecule has 0 aliphatic carbocycles. The van der Waals surface area contributed by atoms with Crippen LogP contribution in [-0.4, -0.2) is 33.1 Å². The van der Waals surface area contributed by atoms with Gasteiger partial charge in [-0.1, -0.05) is 24.3 Å². The Morgan fingerprint density at radius 1 is 0.688 bits per heavy atom. The van der Waals surface area contributed by atoms with E-state index in [0.29, 0.717) is 22.7 Å². The van der Waals surface area contributed by atoms with Crippen molar-refractivity contribution in [1.29, 1.82) is 0 Å². The third-order valence-corrected chi connectivity index (χ3v) is 5.01. The molecule has 3 aromatic rings. The summed E-state index contributed by atoms with van der Waals surface area (Å²) in [6, 6.07) is 15.8. The van der Waals surface area contributed by atoms with Crippen molar-refractivity contribution in [2.24, 2.45) is 0 Å². The highest BCUT2D eigenvalue weighted by molar-refractivity contribution is 6.13. The normalized spacial score (nSPS) is 10.3. The van der Waals surface area contributed by atoms with E-state index in [0.717, 1.165) is 16.8 Å². The van der Waals surface area contributed by atoms with Gasteiger partial charge in [0.1, 0.15) is 0 Å². The first-order valence-electron chi connectivity index (χ1n) is 9.97. The Morgan fingerprint density at radius 3 is 2.03 bits per heavy atom. The summed E-state index contributed by atoms with van der Waals surface area (Å²) in [6.07, 6.45) is 0. The molecule has 0 spiro atoms. The maximum Gasteiger partial charge on any atom is 0.259 e. The number of methoxy groups -OCH3 is 3. The number of rotatable bonds is 7. The lowest BCUT2D eigenvalue weighted by atomic mass is 10.1.